The van der Waals surface area contributed by atoms with E-state index in [1.807, 2.05) is 30.1 Å². The second-order valence-corrected chi connectivity index (χ2v) is 9.27. The zero-order valence-electron chi connectivity index (χ0n) is 17.5. The smallest absolute Gasteiger partial charge is 0.239 e. The molecule has 2 aromatic rings. The van der Waals surface area contributed by atoms with Gasteiger partial charge in [-0.3, -0.25) is 4.79 Å². The summed E-state index contributed by atoms with van der Waals surface area (Å²) in [6, 6.07) is 16.7. The van der Waals surface area contributed by atoms with Crippen molar-refractivity contribution in [2.24, 2.45) is 5.41 Å². The summed E-state index contributed by atoms with van der Waals surface area (Å²) in [6.07, 6.45) is 1.80. The molecule has 28 heavy (non-hydrogen) atoms. The van der Waals surface area contributed by atoms with Gasteiger partial charge in [-0.05, 0) is 54.2 Å². The first-order chi connectivity index (χ1) is 13.3. The summed E-state index contributed by atoms with van der Waals surface area (Å²) in [5.41, 5.74) is 3.05. The van der Waals surface area contributed by atoms with Gasteiger partial charge in [-0.2, -0.15) is 0 Å². The lowest BCUT2D eigenvalue weighted by Gasteiger charge is -2.39. The van der Waals surface area contributed by atoms with E-state index in [0.29, 0.717) is 0 Å². The fraction of sp³-hybridized carbons (Fsp3) is 0.458. The van der Waals surface area contributed by atoms with Crippen LogP contribution in [0.25, 0.3) is 0 Å². The highest BCUT2D eigenvalue weighted by molar-refractivity contribution is 6.09. The summed E-state index contributed by atoms with van der Waals surface area (Å²) in [7, 11) is 3.60. The Bertz CT molecular complexity index is 884. The molecule has 4 rings (SSSR count). The van der Waals surface area contributed by atoms with E-state index in [4.69, 9.17) is 4.74 Å². The van der Waals surface area contributed by atoms with Gasteiger partial charge in [-0.15, -0.1) is 0 Å². The Morgan fingerprint density at radius 3 is 2.43 bits per heavy atom. The Balaban J connectivity index is 1.83. The number of ether oxygens (including phenoxy) is 1. The molecular weight excluding hydrogens is 348 g/mol. The minimum atomic E-state index is -0.474. The summed E-state index contributed by atoms with van der Waals surface area (Å²) in [5, 5.41) is 0. The number of carbonyl (C=O) groups excluding carboxylic acids is 1. The molecule has 0 N–H and O–H groups in total. The van der Waals surface area contributed by atoms with Crippen molar-refractivity contribution in [2.45, 2.75) is 45.1 Å². The van der Waals surface area contributed by atoms with Crippen LogP contribution in [-0.4, -0.2) is 32.7 Å². The van der Waals surface area contributed by atoms with Crippen molar-refractivity contribution in [1.29, 1.82) is 0 Å². The summed E-state index contributed by atoms with van der Waals surface area (Å²) in [6.45, 7) is 7.67. The Labute approximate surface area is 168 Å². The highest BCUT2D eigenvalue weighted by atomic mass is 16.5. The monoisotopic (exact) mass is 378 g/mol. The number of anilines is 2. The van der Waals surface area contributed by atoms with E-state index >= 15 is 0 Å². The number of para-hydroxylation sites is 1. The van der Waals surface area contributed by atoms with Crippen LogP contribution in [0.2, 0.25) is 0 Å². The Hall–Kier alpha value is -2.49. The lowest BCUT2D eigenvalue weighted by Crippen LogP contribution is -2.50. The summed E-state index contributed by atoms with van der Waals surface area (Å²) in [5.74, 6) is 1.09. The van der Waals surface area contributed by atoms with E-state index in [9.17, 15) is 4.79 Å². The normalized spacial score (nSPS) is 24.2. The topological polar surface area (TPSA) is 32.8 Å². The summed E-state index contributed by atoms with van der Waals surface area (Å²) < 4.78 is 5.33. The second-order valence-electron chi connectivity index (χ2n) is 9.27. The van der Waals surface area contributed by atoms with E-state index in [1.165, 1.54) is 5.56 Å². The number of methoxy groups -OCH3 is 1. The largest absolute Gasteiger partial charge is 0.497 e. The third kappa shape index (κ3) is 2.78. The quantitative estimate of drug-likeness (QED) is 0.781. The third-order valence-electron chi connectivity index (χ3n) is 6.33. The van der Waals surface area contributed by atoms with Gasteiger partial charge in [0.15, 0.2) is 0 Å². The number of rotatable bonds is 3. The van der Waals surface area contributed by atoms with Crippen LogP contribution >= 0.6 is 0 Å². The minimum Gasteiger partial charge on any atom is -0.497 e. The molecule has 0 aliphatic carbocycles. The lowest BCUT2D eigenvalue weighted by molar-refractivity contribution is -0.123. The molecule has 2 atom stereocenters. The fourth-order valence-electron chi connectivity index (χ4n) is 5.06. The van der Waals surface area contributed by atoms with Crippen LogP contribution in [0.4, 0.5) is 11.4 Å². The molecule has 0 aromatic heterocycles. The van der Waals surface area contributed by atoms with Gasteiger partial charge < -0.3 is 14.5 Å². The average molecular weight is 379 g/mol. The number of amides is 1. The third-order valence-corrected chi connectivity index (χ3v) is 6.33. The highest BCUT2D eigenvalue weighted by Gasteiger charge is 2.59. The number of likely N-dealkylation sites (N-methyl/N-ethyl adjacent to an activating group) is 1. The Morgan fingerprint density at radius 1 is 1.11 bits per heavy atom. The zero-order chi connectivity index (χ0) is 20.1. The first-order valence-corrected chi connectivity index (χ1v) is 10.1. The molecule has 1 saturated heterocycles. The van der Waals surface area contributed by atoms with Crippen LogP contribution in [0, 0.1) is 5.41 Å². The van der Waals surface area contributed by atoms with Crippen LogP contribution in [0.1, 0.15) is 39.2 Å². The first-order valence-electron chi connectivity index (χ1n) is 10.1. The molecule has 0 radical (unpaired) electrons. The number of hydrogen-bond acceptors (Lipinski definition) is 3. The fourth-order valence-corrected chi connectivity index (χ4v) is 5.06. The molecule has 1 amide bonds. The van der Waals surface area contributed by atoms with Crippen molar-refractivity contribution in [3.05, 3.63) is 54.1 Å². The van der Waals surface area contributed by atoms with Crippen molar-refractivity contribution in [1.82, 2.24) is 0 Å². The molecule has 148 valence electrons. The van der Waals surface area contributed by atoms with Crippen molar-refractivity contribution in [3.8, 4) is 5.75 Å². The minimum absolute atomic E-state index is 0.114. The van der Waals surface area contributed by atoms with Crippen LogP contribution in [0.3, 0.4) is 0 Å². The van der Waals surface area contributed by atoms with Crippen molar-refractivity contribution < 1.29 is 9.53 Å². The molecule has 1 fully saturated rings. The van der Waals surface area contributed by atoms with Crippen molar-refractivity contribution in [2.75, 3.05) is 30.5 Å². The summed E-state index contributed by atoms with van der Waals surface area (Å²) >= 11 is 0. The van der Waals surface area contributed by atoms with E-state index in [2.05, 4.69) is 56.0 Å². The molecule has 4 heteroatoms. The van der Waals surface area contributed by atoms with E-state index < -0.39 is 5.41 Å². The van der Waals surface area contributed by atoms with Crippen LogP contribution in [0.5, 0.6) is 5.75 Å². The molecule has 2 aliphatic rings. The van der Waals surface area contributed by atoms with E-state index in [-0.39, 0.29) is 17.4 Å². The molecule has 4 nitrogen and oxygen atoms in total. The van der Waals surface area contributed by atoms with Gasteiger partial charge in [0.25, 0.3) is 0 Å². The summed E-state index contributed by atoms with van der Waals surface area (Å²) in [4.78, 5) is 17.9. The molecule has 2 aliphatic heterocycles. The van der Waals surface area contributed by atoms with Gasteiger partial charge in [0.2, 0.25) is 5.91 Å². The highest BCUT2D eigenvalue weighted by Crippen LogP contribution is 2.53. The van der Waals surface area contributed by atoms with Gasteiger partial charge in [0, 0.05) is 31.0 Å². The van der Waals surface area contributed by atoms with Gasteiger partial charge in [-0.1, -0.05) is 39.0 Å². The Kier molecular flexibility index (Phi) is 4.40. The molecule has 0 saturated carbocycles. The lowest BCUT2D eigenvalue weighted by atomic mass is 9.70. The van der Waals surface area contributed by atoms with Gasteiger partial charge in [0.1, 0.15) is 5.75 Å². The van der Waals surface area contributed by atoms with Crippen molar-refractivity contribution in [3.63, 3.8) is 0 Å². The number of nitrogens with zero attached hydrogens (tertiary/aromatic N) is 2. The molecule has 2 aromatic carbocycles. The molecule has 2 heterocycles. The number of carbonyl (C=O) groups is 1. The van der Waals surface area contributed by atoms with Gasteiger partial charge in [0.05, 0.1) is 12.5 Å². The maximum Gasteiger partial charge on any atom is 0.239 e. The number of benzene rings is 2. The number of hydrogen-bond donors (Lipinski definition) is 0. The van der Waals surface area contributed by atoms with E-state index in [0.717, 1.165) is 36.5 Å². The maximum absolute atomic E-state index is 13.6. The predicted octanol–water partition coefficient (Wildman–Crippen LogP) is 4.62. The molecular formula is C24H30N2O2. The SMILES string of the molecule is COc1ccc(N2CCC3(C(=O)N(C)c4ccccc43)C2CC(C)(C)C)cc1. The number of fused-ring (bicyclic) bond motifs is 2. The average Bonchev–Trinajstić information content (AvgIpc) is 3.14. The second kappa shape index (κ2) is 6.54. The van der Waals surface area contributed by atoms with Gasteiger partial charge >= 0.3 is 0 Å². The van der Waals surface area contributed by atoms with Crippen LogP contribution in [0.15, 0.2) is 48.5 Å². The van der Waals surface area contributed by atoms with E-state index in [1.54, 1.807) is 7.11 Å². The van der Waals surface area contributed by atoms with Crippen molar-refractivity contribution >= 4 is 17.3 Å². The molecule has 0 bridgehead atoms. The standard InChI is InChI=1S/C24H30N2O2/c1-23(2,3)16-21-24(19-8-6-7-9-20(19)25(4)22(24)27)14-15-26(21)17-10-12-18(28-5)13-11-17/h6-13,21H,14-16H2,1-5H3. The van der Waals surface area contributed by atoms with Gasteiger partial charge in [-0.25, -0.2) is 0 Å². The zero-order valence-corrected chi connectivity index (χ0v) is 17.5. The molecule has 2 unspecified atom stereocenters. The molecule has 1 spiro atoms. The Morgan fingerprint density at radius 2 is 1.79 bits per heavy atom. The van der Waals surface area contributed by atoms with Crippen LogP contribution in [-0.2, 0) is 10.2 Å². The maximum atomic E-state index is 13.6. The van der Waals surface area contributed by atoms with Crippen LogP contribution < -0.4 is 14.5 Å². The predicted molar refractivity (Wildman–Crippen MR) is 114 cm³/mol. The first kappa shape index (κ1) is 18.9.